The Kier molecular flexibility index (Phi) is 4.97. The molecular weight excluding hydrogens is 361 g/mol. The number of benzene rings is 2. The summed E-state index contributed by atoms with van der Waals surface area (Å²) in [6.45, 7) is 1.68. The van der Waals surface area contributed by atoms with Gasteiger partial charge in [0.25, 0.3) is 5.91 Å². The number of halogens is 2. The third-order valence-corrected chi connectivity index (χ3v) is 4.38. The van der Waals surface area contributed by atoms with E-state index < -0.39 is 6.04 Å². The van der Waals surface area contributed by atoms with Gasteiger partial charge in [-0.15, -0.1) is 0 Å². The van der Waals surface area contributed by atoms with E-state index in [1.165, 1.54) is 0 Å². The average Bonchev–Trinajstić information content (AvgIpc) is 2.56. The molecule has 1 aliphatic rings. The van der Waals surface area contributed by atoms with Crippen molar-refractivity contribution in [1.29, 1.82) is 0 Å². The number of urea groups is 1. The number of hydrogen-bond acceptors (Lipinski definition) is 2. The van der Waals surface area contributed by atoms with E-state index in [0.29, 0.717) is 32.6 Å². The summed E-state index contributed by atoms with van der Waals surface area (Å²) < 4.78 is 0. The molecular formula is C18H15Cl2N3O2. The van der Waals surface area contributed by atoms with Gasteiger partial charge in [0, 0.05) is 10.7 Å². The molecule has 5 nitrogen and oxygen atoms in total. The second kappa shape index (κ2) is 7.17. The van der Waals surface area contributed by atoms with Crippen molar-refractivity contribution in [2.75, 3.05) is 5.32 Å². The number of anilines is 1. The Morgan fingerprint density at radius 3 is 2.60 bits per heavy atom. The quantitative estimate of drug-likeness (QED) is 0.749. The number of carbonyl (C=O) groups excluding carboxylic acids is 2. The minimum absolute atomic E-state index is 0.358. The van der Waals surface area contributed by atoms with Gasteiger partial charge in [-0.05, 0) is 36.8 Å². The number of para-hydroxylation sites is 1. The third-order valence-electron chi connectivity index (χ3n) is 3.82. The predicted molar refractivity (Wildman–Crippen MR) is 98.6 cm³/mol. The second-order valence-electron chi connectivity index (χ2n) is 5.56. The molecule has 3 amide bonds. The molecule has 1 heterocycles. The van der Waals surface area contributed by atoms with Gasteiger partial charge in [0.15, 0.2) is 0 Å². The van der Waals surface area contributed by atoms with Gasteiger partial charge in [-0.25, -0.2) is 4.79 Å². The zero-order valence-electron chi connectivity index (χ0n) is 13.3. The largest absolute Gasteiger partial charge is 0.327 e. The maximum atomic E-state index is 12.9. The van der Waals surface area contributed by atoms with E-state index in [2.05, 4.69) is 16.0 Å². The van der Waals surface area contributed by atoms with Gasteiger partial charge in [0.2, 0.25) is 0 Å². The van der Waals surface area contributed by atoms with E-state index in [1.807, 2.05) is 0 Å². The van der Waals surface area contributed by atoms with Crippen LogP contribution in [0.1, 0.15) is 18.5 Å². The van der Waals surface area contributed by atoms with E-state index >= 15 is 0 Å². The molecule has 128 valence electrons. The Balaban J connectivity index is 1.97. The standard InChI is InChI=1S/C18H15Cl2N3O2/c1-10-15(17(24)22-14-8-3-2-7-13(14)20)16(23-18(25)21-10)11-5-4-6-12(19)9-11/h2-9,16H,1H3,(H,22,24)(H2,21,23,25)/t16-/m0/s1. The summed E-state index contributed by atoms with van der Waals surface area (Å²) in [4.78, 5) is 24.7. The normalized spacial score (nSPS) is 16.9. The monoisotopic (exact) mass is 375 g/mol. The van der Waals surface area contributed by atoms with Crippen LogP contribution in [0.5, 0.6) is 0 Å². The van der Waals surface area contributed by atoms with Crippen molar-refractivity contribution in [2.45, 2.75) is 13.0 Å². The lowest BCUT2D eigenvalue weighted by molar-refractivity contribution is -0.113. The Hall–Kier alpha value is -2.50. The molecule has 0 saturated heterocycles. The SMILES string of the molecule is CC1=C(C(=O)Nc2ccccc2Cl)[C@H](c2cccc(Cl)c2)NC(=O)N1. The average molecular weight is 376 g/mol. The topological polar surface area (TPSA) is 70.2 Å². The molecule has 2 aromatic rings. The summed E-state index contributed by atoms with van der Waals surface area (Å²) in [5, 5.41) is 9.13. The lowest BCUT2D eigenvalue weighted by Crippen LogP contribution is -2.46. The van der Waals surface area contributed by atoms with Gasteiger partial charge in [-0.2, -0.15) is 0 Å². The van der Waals surface area contributed by atoms with Crippen LogP contribution in [-0.2, 0) is 4.79 Å². The number of carbonyl (C=O) groups is 2. The van der Waals surface area contributed by atoms with E-state index in [9.17, 15) is 9.59 Å². The number of amides is 3. The summed E-state index contributed by atoms with van der Waals surface area (Å²) in [5.41, 5.74) is 2.07. The van der Waals surface area contributed by atoms with Crippen LogP contribution in [0.3, 0.4) is 0 Å². The molecule has 7 heteroatoms. The second-order valence-corrected chi connectivity index (χ2v) is 6.40. The van der Waals surface area contributed by atoms with Gasteiger partial charge in [0.1, 0.15) is 0 Å². The van der Waals surface area contributed by atoms with Gasteiger partial charge >= 0.3 is 6.03 Å². The molecule has 0 spiro atoms. The first kappa shape index (κ1) is 17.3. The molecule has 25 heavy (non-hydrogen) atoms. The third kappa shape index (κ3) is 3.78. The van der Waals surface area contributed by atoms with Crippen LogP contribution in [0.25, 0.3) is 0 Å². The highest BCUT2D eigenvalue weighted by Crippen LogP contribution is 2.30. The first-order valence-corrected chi connectivity index (χ1v) is 8.31. The first-order valence-electron chi connectivity index (χ1n) is 7.55. The summed E-state index contributed by atoms with van der Waals surface area (Å²) in [5.74, 6) is -0.358. The molecule has 1 aliphatic heterocycles. The molecule has 0 saturated carbocycles. The van der Waals surface area contributed by atoms with Crippen LogP contribution >= 0.6 is 23.2 Å². The van der Waals surface area contributed by atoms with Crippen molar-refractivity contribution < 1.29 is 9.59 Å². The molecule has 2 aromatic carbocycles. The molecule has 3 N–H and O–H groups in total. The maximum Gasteiger partial charge on any atom is 0.319 e. The lowest BCUT2D eigenvalue weighted by atomic mass is 9.95. The minimum Gasteiger partial charge on any atom is -0.327 e. The fourth-order valence-electron chi connectivity index (χ4n) is 2.68. The lowest BCUT2D eigenvalue weighted by Gasteiger charge is -2.28. The summed E-state index contributed by atoms with van der Waals surface area (Å²) in [6, 6.07) is 13.0. The molecule has 0 aromatic heterocycles. The van der Waals surface area contributed by atoms with Crippen molar-refractivity contribution in [1.82, 2.24) is 10.6 Å². The fraction of sp³-hybridized carbons (Fsp3) is 0.111. The Labute approximate surface area is 155 Å². The van der Waals surface area contributed by atoms with Crippen molar-refractivity contribution in [2.24, 2.45) is 0 Å². The van der Waals surface area contributed by atoms with Gasteiger partial charge in [-0.1, -0.05) is 47.5 Å². The zero-order chi connectivity index (χ0) is 18.0. The van der Waals surface area contributed by atoms with Crippen molar-refractivity contribution in [3.8, 4) is 0 Å². The minimum atomic E-state index is -0.616. The molecule has 0 aliphatic carbocycles. The van der Waals surface area contributed by atoms with Crippen molar-refractivity contribution in [3.63, 3.8) is 0 Å². The fourth-order valence-corrected chi connectivity index (χ4v) is 3.06. The molecule has 0 bridgehead atoms. The van der Waals surface area contributed by atoms with Crippen LogP contribution in [0.4, 0.5) is 10.5 Å². The van der Waals surface area contributed by atoms with E-state index in [1.54, 1.807) is 55.5 Å². The summed E-state index contributed by atoms with van der Waals surface area (Å²) in [7, 11) is 0. The van der Waals surface area contributed by atoms with Crippen LogP contribution < -0.4 is 16.0 Å². The molecule has 0 unspecified atom stereocenters. The highest BCUT2D eigenvalue weighted by molar-refractivity contribution is 6.34. The maximum absolute atomic E-state index is 12.9. The van der Waals surface area contributed by atoms with Crippen LogP contribution in [-0.4, -0.2) is 11.9 Å². The van der Waals surface area contributed by atoms with Gasteiger partial charge in [0.05, 0.1) is 22.3 Å². The number of allylic oxidation sites excluding steroid dienone is 1. The molecule has 0 fully saturated rings. The Morgan fingerprint density at radius 1 is 1.12 bits per heavy atom. The van der Waals surface area contributed by atoms with E-state index in [0.717, 1.165) is 0 Å². The van der Waals surface area contributed by atoms with Crippen LogP contribution in [0, 0.1) is 0 Å². The van der Waals surface area contributed by atoms with Crippen molar-refractivity contribution in [3.05, 3.63) is 75.4 Å². The predicted octanol–water partition coefficient (Wildman–Crippen LogP) is 4.26. The van der Waals surface area contributed by atoms with Crippen molar-refractivity contribution >= 4 is 40.8 Å². The van der Waals surface area contributed by atoms with Crippen LogP contribution in [0.2, 0.25) is 10.0 Å². The summed E-state index contributed by atoms with van der Waals surface area (Å²) in [6.07, 6.45) is 0. The zero-order valence-corrected chi connectivity index (χ0v) is 14.8. The van der Waals surface area contributed by atoms with Gasteiger partial charge in [-0.3, -0.25) is 4.79 Å². The molecule has 1 atom stereocenters. The number of nitrogens with one attached hydrogen (secondary N) is 3. The molecule has 3 rings (SSSR count). The van der Waals surface area contributed by atoms with E-state index in [-0.39, 0.29) is 11.9 Å². The summed E-state index contributed by atoms with van der Waals surface area (Å²) >= 11 is 12.2. The Bertz CT molecular complexity index is 880. The van der Waals surface area contributed by atoms with E-state index in [4.69, 9.17) is 23.2 Å². The number of rotatable bonds is 3. The Morgan fingerprint density at radius 2 is 1.88 bits per heavy atom. The first-order chi connectivity index (χ1) is 12.0. The highest BCUT2D eigenvalue weighted by atomic mass is 35.5. The van der Waals surface area contributed by atoms with Crippen LogP contribution in [0.15, 0.2) is 59.8 Å². The van der Waals surface area contributed by atoms with Gasteiger partial charge < -0.3 is 16.0 Å². The smallest absolute Gasteiger partial charge is 0.319 e. The molecule has 0 radical (unpaired) electrons. The number of hydrogen-bond donors (Lipinski definition) is 3. The highest BCUT2D eigenvalue weighted by Gasteiger charge is 2.31.